The molecular formula is C16H25NO3S. The Morgan fingerprint density at radius 1 is 1.38 bits per heavy atom. The van der Waals surface area contributed by atoms with Crippen LogP contribution < -0.4 is 0 Å². The molecular weight excluding hydrogens is 286 g/mol. The third-order valence-corrected chi connectivity index (χ3v) is 6.31. The Morgan fingerprint density at radius 2 is 2.10 bits per heavy atom. The minimum atomic E-state index is -3.49. The summed E-state index contributed by atoms with van der Waals surface area (Å²) in [5.41, 5.74) is 1.47. The average molecular weight is 311 g/mol. The average Bonchev–Trinajstić information content (AvgIpc) is 2.97. The van der Waals surface area contributed by atoms with E-state index in [2.05, 4.69) is 13.8 Å². The van der Waals surface area contributed by atoms with E-state index >= 15 is 0 Å². The highest BCUT2D eigenvalue weighted by molar-refractivity contribution is 7.89. The first-order chi connectivity index (χ1) is 9.91. The highest BCUT2D eigenvalue weighted by atomic mass is 32.2. The molecule has 0 saturated carbocycles. The molecule has 0 spiro atoms. The minimum absolute atomic E-state index is 0.0810. The van der Waals surface area contributed by atoms with Gasteiger partial charge in [-0.05, 0) is 42.4 Å². The summed E-state index contributed by atoms with van der Waals surface area (Å²) >= 11 is 0. The lowest BCUT2D eigenvalue weighted by molar-refractivity contribution is 0.281. The molecule has 1 saturated heterocycles. The van der Waals surface area contributed by atoms with Gasteiger partial charge in [0.1, 0.15) is 0 Å². The molecule has 1 aliphatic rings. The molecule has 0 bridgehead atoms. The summed E-state index contributed by atoms with van der Waals surface area (Å²) in [6.07, 6.45) is 2.52. The molecule has 1 aromatic carbocycles. The Bertz CT molecular complexity index is 596. The summed E-state index contributed by atoms with van der Waals surface area (Å²) in [7, 11) is -3.49. The fourth-order valence-corrected chi connectivity index (χ4v) is 5.26. The van der Waals surface area contributed by atoms with E-state index in [0.717, 1.165) is 18.4 Å². The van der Waals surface area contributed by atoms with Crippen LogP contribution in [-0.4, -0.2) is 30.4 Å². The molecule has 1 fully saturated rings. The van der Waals surface area contributed by atoms with E-state index in [-0.39, 0.29) is 12.6 Å². The minimum Gasteiger partial charge on any atom is -0.392 e. The molecule has 1 unspecified atom stereocenters. The van der Waals surface area contributed by atoms with Crippen LogP contribution in [0.4, 0.5) is 0 Å². The zero-order chi connectivity index (χ0) is 15.6. The standard InChI is InChI=1S/C16H25NO3S/c1-4-14-8-7-13(11-18)10-16(14)21(19,20)17-9-5-6-15(17)12(2)3/h7-8,10,12,15,18H,4-6,9,11H2,1-3H3. The van der Waals surface area contributed by atoms with E-state index in [4.69, 9.17) is 0 Å². The maximum atomic E-state index is 13.0. The van der Waals surface area contributed by atoms with Gasteiger partial charge >= 0.3 is 0 Å². The monoisotopic (exact) mass is 311 g/mol. The normalized spacial score (nSPS) is 20.3. The largest absolute Gasteiger partial charge is 0.392 e. The molecule has 2 rings (SSSR count). The number of aryl methyl sites for hydroxylation is 1. The van der Waals surface area contributed by atoms with Crippen molar-refractivity contribution in [1.29, 1.82) is 0 Å². The van der Waals surface area contributed by atoms with Gasteiger partial charge in [0.2, 0.25) is 10.0 Å². The third kappa shape index (κ3) is 3.15. The number of rotatable bonds is 5. The van der Waals surface area contributed by atoms with E-state index in [9.17, 15) is 13.5 Å². The zero-order valence-corrected chi connectivity index (χ0v) is 13.9. The van der Waals surface area contributed by atoms with E-state index < -0.39 is 10.0 Å². The second-order valence-electron chi connectivity index (χ2n) is 6.02. The lowest BCUT2D eigenvalue weighted by Gasteiger charge is -2.28. The van der Waals surface area contributed by atoms with E-state index in [1.54, 1.807) is 16.4 Å². The third-order valence-electron chi connectivity index (χ3n) is 4.30. The van der Waals surface area contributed by atoms with Crippen molar-refractivity contribution in [2.24, 2.45) is 5.92 Å². The van der Waals surface area contributed by atoms with Gasteiger partial charge in [-0.25, -0.2) is 8.42 Å². The Morgan fingerprint density at radius 3 is 2.67 bits per heavy atom. The first-order valence-corrected chi connectivity index (χ1v) is 9.10. The predicted molar refractivity (Wildman–Crippen MR) is 83.5 cm³/mol. The molecule has 5 heteroatoms. The first kappa shape index (κ1) is 16.5. The van der Waals surface area contributed by atoms with Gasteiger partial charge in [-0.3, -0.25) is 0 Å². The maximum absolute atomic E-state index is 13.0. The molecule has 4 nitrogen and oxygen atoms in total. The van der Waals surface area contributed by atoms with Crippen molar-refractivity contribution in [2.45, 2.75) is 57.6 Å². The Hall–Kier alpha value is -0.910. The van der Waals surface area contributed by atoms with Crippen LogP contribution in [0.25, 0.3) is 0 Å². The van der Waals surface area contributed by atoms with Gasteiger partial charge < -0.3 is 5.11 Å². The van der Waals surface area contributed by atoms with Crippen molar-refractivity contribution < 1.29 is 13.5 Å². The molecule has 1 heterocycles. The fourth-order valence-electron chi connectivity index (χ4n) is 3.09. The summed E-state index contributed by atoms with van der Waals surface area (Å²) < 4.78 is 27.7. The van der Waals surface area contributed by atoms with Crippen molar-refractivity contribution in [1.82, 2.24) is 4.31 Å². The molecule has 0 aromatic heterocycles. The number of hydrogen-bond donors (Lipinski definition) is 1. The van der Waals surface area contributed by atoms with Crippen LogP contribution in [0.3, 0.4) is 0 Å². The number of nitrogens with zero attached hydrogens (tertiary/aromatic N) is 1. The van der Waals surface area contributed by atoms with Crippen molar-refractivity contribution in [3.8, 4) is 0 Å². The van der Waals surface area contributed by atoms with Gasteiger partial charge in [0.25, 0.3) is 0 Å². The lowest BCUT2D eigenvalue weighted by Crippen LogP contribution is -2.38. The maximum Gasteiger partial charge on any atom is 0.243 e. The summed E-state index contributed by atoms with van der Waals surface area (Å²) in [5, 5.41) is 9.29. The smallest absolute Gasteiger partial charge is 0.243 e. The summed E-state index contributed by atoms with van der Waals surface area (Å²) in [6.45, 7) is 6.56. The highest BCUT2D eigenvalue weighted by Gasteiger charge is 2.37. The molecule has 1 N–H and O–H groups in total. The Balaban J connectivity index is 2.48. The van der Waals surface area contributed by atoms with Crippen LogP contribution in [0.1, 0.15) is 44.7 Å². The van der Waals surface area contributed by atoms with Gasteiger partial charge in [0.05, 0.1) is 11.5 Å². The van der Waals surface area contributed by atoms with Crippen molar-refractivity contribution in [2.75, 3.05) is 6.54 Å². The molecule has 118 valence electrons. The molecule has 0 aliphatic carbocycles. The Labute approximate surface area is 127 Å². The predicted octanol–water partition coefficient (Wildman–Crippen LogP) is 2.55. The lowest BCUT2D eigenvalue weighted by atomic mass is 10.0. The van der Waals surface area contributed by atoms with Crippen LogP contribution in [0, 0.1) is 5.92 Å². The molecule has 0 radical (unpaired) electrons. The topological polar surface area (TPSA) is 57.6 Å². The number of sulfonamides is 1. The number of hydrogen-bond acceptors (Lipinski definition) is 3. The summed E-state index contributed by atoms with van der Waals surface area (Å²) in [4.78, 5) is 0.365. The highest BCUT2D eigenvalue weighted by Crippen LogP contribution is 2.32. The quantitative estimate of drug-likeness (QED) is 0.909. The first-order valence-electron chi connectivity index (χ1n) is 7.66. The van der Waals surface area contributed by atoms with E-state index in [1.807, 2.05) is 13.0 Å². The van der Waals surface area contributed by atoms with Crippen LogP contribution in [0.15, 0.2) is 23.1 Å². The van der Waals surface area contributed by atoms with Gasteiger partial charge in [-0.1, -0.05) is 32.9 Å². The molecule has 21 heavy (non-hydrogen) atoms. The zero-order valence-electron chi connectivity index (χ0n) is 13.0. The summed E-state index contributed by atoms with van der Waals surface area (Å²) in [5.74, 6) is 0.313. The van der Waals surface area contributed by atoms with Crippen LogP contribution >= 0.6 is 0 Å². The van der Waals surface area contributed by atoms with Gasteiger partial charge in [0, 0.05) is 12.6 Å². The number of aliphatic hydroxyl groups excluding tert-OH is 1. The molecule has 1 atom stereocenters. The molecule has 1 aromatic rings. The van der Waals surface area contributed by atoms with E-state index in [1.165, 1.54) is 0 Å². The van der Waals surface area contributed by atoms with Gasteiger partial charge in [-0.2, -0.15) is 4.31 Å². The number of benzene rings is 1. The van der Waals surface area contributed by atoms with Crippen LogP contribution in [0.2, 0.25) is 0 Å². The Kier molecular flexibility index (Phi) is 5.07. The molecule has 1 aliphatic heterocycles. The number of aliphatic hydroxyl groups is 1. The fraction of sp³-hybridized carbons (Fsp3) is 0.625. The van der Waals surface area contributed by atoms with Crippen LogP contribution in [0.5, 0.6) is 0 Å². The SMILES string of the molecule is CCc1ccc(CO)cc1S(=O)(=O)N1CCCC1C(C)C. The van der Waals surface area contributed by atoms with E-state index in [0.29, 0.717) is 29.3 Å². The van der Waals surface area contributed by atoms with Crippen molar-refractivity contribution in [3.63, 3.8) is 0 Å². The van der Waals surface area contributed by atoms with Crippen molar-refractivity contribution >= 4 is 10.0 Å². The van der Waals surface area contributed by atoms with Gasteiger partial charge in [0.15, 0.2) is 0 Å². The van der Waals surface area contributed by atoms with Gasteiger partial charge in [-0.15, -0.1) is 0 Å². The molecule has 0 amide bonds. The van der Waals surface area contributed by atoms with Crippen molar-refractivity contribution in [3.05, 3.63) is 29.3 Å². The summed E-state index contributed by atoms with van der Waals surface area (Å²) in [6, 6.07) is 5.32. The second kappa shape index (κ2) is 6.46. The second-order valence-corrected chi connectivity index (χ2v) is 7.88. The van der Waals surface area contributed by atoms with Crippen LogP contribution in [-0.2, 0) is 23.1 Å².